The molecule has 1 aliphatic heterocycles. The highest BCUT2D eigenvalue weighted by Gasteiger charge is 2.56. The van der Waals surface area contributed by atoms with Crippen LogP contribution in [0.3, 0.4) is 0 Å². The summed E-state index contributed by atoms with van der Waals surface area (Å²) in [5.74, 6) is 3.02. The topological polar surface area (TPSA) is 46.9 Å². The second-order valence-electron chi connectivity index (χ2n) is 10.6. The second-order valence-corrected chi connectivity index (χ2v) is 10.6. The summed E-state index contributed by atoms with van der Waals surface area (Å²) in [6.07, 6.45) is 11.1. The number of imidazole rings is 1. The fourth-order valence-corrected chi connectivity index (χ4v) is 7.35. The first-order valence-electron chi connectivity index (χ1n) is 11.7. The van der Waals surface area contributed by atoms with Crippen LogP contribution >= 0.6 is 0 Å². The van der Waals surface area contributed by atoms with Crippen LogP contribution in [-0.4, -0.2) is 20.9 Å². The number of halogens is 1. The summed E-state index contributed by atoms with van der Waals surface area (Å²) in [4.78, 5) is 16.8. The number of carbonyl (C=O) groups excluding carboxylic acids is 1. The van der Waals surface area contributed by atoms with Crippen molar-refractivity contribution in [2.45, 2.75) is 64.3 Å². The largest absolute Gasteiger partial charge is 0.364 e. The highest BCUT2D eigenvalue weighted by Crippen LogP contribution is 2.61. The molecule has 0 amide bonds. The third-order valence-electron chi connectivity index (χ3n) is 9.12. The molecule has 6 rings (SSSR count). The van der Waals surface area contributed by atoms with Crippen molar-refractivity contribution in [2.24, 2.45) is 23.2 Å². The Kier molecular flexibility index (Phi) is 4.06. The van der Waals surface area contributed by atoms with Crippen LogP contribution in [0.1, 0.15) is 58.1 Å². The van der Waals surface area contributed by atoms with Crippen LogP contribution in [-0.2, 0) is 11.2 Å². The molecule has 2 saturated carbocycles. The van der Waals surface area contributed by atoms with E-state index < -0.39 is 0 Å². The number of hydrogen-bond acceptors (Lipinski definition) is 3. The van der Waals surface area contributed by atoms with Crippen LogP contribution in [0.25, 0.3) is 5.69 Å². The average molecular weight is 420 g/mol. The predicted molar refractivity (Wildman–Crippen MR) is 119 cm³/mol. The normalized spacial score (nSPS) is 36.4. The highest BCUT2D eigenvalue weighted by atomic mass is 19.1. The molecule has 0 bridgehead atoms. The Balaban J connectivity index is 1.35. The summed E-state index contributed by atoms with van der Waals surface area (Å²) in [5, 5.41) is 3.90. The van der Waals surface area contributed by atoms with Gasteiger partial charge in [0.25, 0.3) is 0 Å². The molecule has 4 aliphatic rings. The van der Waals surface area contributed by atoms with E-state index in [-0.39, 0.29) is 16.8 Å². The van der Waals surface area contributed by atoms with Gasteiger partial charge in [-0.3, -0.25) is 9.36 Å². The highest BCUT2D eigenvalue weighted by molar-refractivity contribution is 5.91. The van der Waals surface area contributed by atoms with Crippen molar-refractivity contribution in [1.82, 2.24) is 9.55 Å². The summed E-state index contributed by atoms with van der Waals surface area (Å²) < 4.78 is 15.5. The van der Waals surface area contributed by atoms with Crippen LogP contribution in [0.5, 0.6) is 0 Å². The number of carbonyl (C=O) groups is 1. The van der Waals surface area contributed by atoms with E-state index in [9.17, 15) is 9.18 Å². The van der Waals surface area contributed by atoms with Crippen LogP contribution < -0.4 is 5.32 Å². The molecule has 0 radical (unpaired) electrons. The first-order chi connectivity index (χ1) is 14.9. The van der Waals surface area contributed by atoms with Gasteiger partial charge in [0, 0.05) is 17.6 Å². The van der Waals surface area contributed by atoms with Crippen molar-refractivity contribution in [2.75, 3.05) is 5.32 Å². The molecular formula is C26H30FN3O. The molecule has 5 heteroatoms. The Labute approximate surface area is 182 Å². The van der Waals surface area contributed by atoms with Crippen molar-refractivity contribution in [1.29, 1.82) is 0 Å². The second kappa shape index (κ2) is 6.54. The summed E-state index contributed by atoms with van der Waals surface area (Å²) >= 11 is 0. The summed E-state index contributed by atoms with van der Waals surface area (Å²) in [6, 6.07) is 6.63. The van der Waals surface area contributed by atoms with Gasteiger partial charge in [-0.25, -0.2) is 9.37 Å². The lowest BCUT2D eigenvalue weighted by atomic mass is 9.47. The molecule has 2 fully saturated rings. The lowest BCUT2D eigenvalue weighted by molar-refractivity contribution is -0.117. The molecule has 0 spiro atoms. The Morgan fingerprint density at radius 1 is 1.10 bits per heavy atom. The molecule has 0 saturated heterocycles. The SMILES string of the molecule is C[C@]12CCC(=O)C=C1CC[C@@H]1C2CC[C@]2(C)Nc3c(ncn3-c3ccc(F)cc3)CC12. The quantitative estimate of drug-likeness (QED) is 0.667. The van der Waals surface area contributed by atoms with E-state index in [4.69, 9.17) is 4.98 Å². The van der Waals surface area contributed by atoms with Gasteiger partial charge in [0.15, 0.2) is 5.78 Å². The van der Waals surface area contributed by atoms with Gasteiger partial charge in [-0.05, 0) is 99.0 Å². The number of aromatic nitrogens is 2. The minimum absolute atomic E-state index is 0.0358. The van der Waals surface area contributed by atoms with E-state index in [2.05, 4.69) is 23.7 Å². The first kappa shape index (κ1) is 19.3. The predicted octanol–water partition coefficient (Wildman–Crippen LogP) is 5.47. The van der Waals surface area contributed by atoms with E-state index in [1.807, 2.05) is 24.5 Å². The molecule has 5 atom stereocenters. The fraction of sp³-hybridized carbons (Fsp3) is 0.538. The Hall–Kier alpha value is -2.43. The van der Waals surface area contributed by atoms with Crippen molar-refractivity contribution in [3.63, 3.8) is 0 Å². The molecule has 2 aromatic rings. The molecular weight excluding hydrogens is 389 g/mol. The third kappa shape index (κ3) is 2.78. The van der Waals surface area contributed by atoms with Gasteiger partial charge in [0.1, 0.15) is 18.0 Å². The smallest absolute Gasteiger partial charge is 0.155 e. The zero-order valence-electron chi connectivity index (χ0n) is 18.3. The van der Waals surface area contributed by atoms with Gasteiger partial charge in [0.2, 0.25) is 0 Å². The van der Waals surface area contributed by atoms with Crippen LogP contribution in [0.4, 0.5) is 10.2 Å². The standard InChI is InChI=1S/C26H30FN3O/c1-25-11-9-19(31)13-16(25)3-8-20-21(25)10-12-26(2)22(20)14-23-24(29-26)30(15-28-23)18-6-4-17(27)5-7-18/h4-7,13,15,20-22,29H,3,8-12,14H2,1-2H3/t20-,21?,22?,25+,26+/m1/s1. The van der Waals surface area contributed by atoms with Crippen molar-refractivity contribution in [3.05, 3.63) is 53.8 Å². The zero-order valence-corrected chi connectivity index (χ0v) is 18.3. The van der Waals surface area contributed by atoms with Crippen molar-refractivity contribution >= 4 is 11.6 Å². The molecule has 2 unspecified atom stereocenters. The van der Waals surface area contributed by atoms with Crippen molar-refractivity contribution in [3.8, 4) is 5.69 Å². The van der Waals surface area contributed by atoms with E-state index >= 15 is 0 Å². The van der Waals surface area contributed by atoms with Gasteiger partial charge in [-0.2, -0.15) is 0 Å². The lowest BCUT2D eigenvalue weighted by Gasteiger charge is -2.60. The molecule has 31 heavy (non-hydrogen) atoms. The zero-order chi connectivity index (χ0) is 21.4. The number of nitrogens with one attached hydrogen (secondary N) is 1. The van der Waals surface area contributed by atoms with Gasteiger partial charge in [-0.15, -0.1) is 0 Å². The van der Waals surface area contributed by atoms with Gasteiger partial charge in [-0.1, -0.05) is 12.5 Å². The lowest BCUT2D eigenvalue weighted by Crippen LogP contribution is -2.58. The van der Waals surface area contributed by atoms with E-state index in [0.29, 0.717) is 30.0 Å². The van der Waals surface area contributed by atoms with Gasteiger partial charge < -0.3 is 5.32 Å². The number of hydrogen-bond donors (Lipinski definition) is 1. The molecule has 1 N–H and O–H groups in total. The van der Waals surface area contributed by atoms with Crippen LogP contribution in [0.15, 0.2) is 42.2 Å². The molecule has 2 heterocycles. The Bertz CT molecular complexity index is 1090. The van der Waals surface area contributed by atoms with Crippen molar-refractivity contribution < 1.29 is 9.18 Å². The third-order valence-corrected chi connectivity index (χ3v) is 9.12. The number of ketones is 1. The summed E-state index contributed by atoms with van der Waals surface area (Å²) in [5.41, 5.74) is 3.70. The molecule has 162 valence electrons. The number of fused-ring (bicyclic) bond motifs is 6. The Morgan fingerprint density at radius 3 is 2.71 bits per heavy atom. The van der Waals surface area contributed by atoms with Gasteiger partial charge >= 0.3 is 0 Å². The maximum Gasteiger partial charge on any atom is 0.155 e. The van der Waals surface area contributed by atoms with E-state index in [1.165, 1.54) is 30.5 Å². The minimum atomic E-state index is -0.223. The summed E-state index contributed by atoms with van der Waals surface area (Å²) in [6.45, 7) is 4.81. The van der Waals surface area contributed by atoms with Crippen LogP contribution in [0, 0.1) is 29.0 Å². The number of anilines is 1. The summed E-state index contributed by atoms with van der Waals surface area (Å²) in [7, 11) is 0. The number of allylic oxidation sites excluding steroid dienone is 2. The number of nitrogens with zero attached hydrogens (tertiary/aromatic N) is 2. The molecule has 1 aromatic heterocycles. The van der Waals surface area contributed by atoms with Gasteiger partial charge in [0.05, 0.1) is 5.69 Å². The van der Waals surface area contributed by atoms with Crippen LogP contribution in [0.2, 0.25) is 0 Å². The fourth-order valence-electron chi connectivity index (χ4n) is 7.35. The monoisotopic (exact) mass is 419 g/mol. The average Bonchev–Trinajstić information content (AvgIpc) is 3.15. The minimum Gasteiger partial charge on any atom is -0.364 e. The van der Waals surface area contributed by atoms with E-state index in [0.717, 1.165) is 42.9 Å². The Morgan fingerprint density at radius 2 is 1.90 bits per heavy atom. The molecule has 4 nitrogen and oxygen atoms in total. The molecule has 3 aliphatic carbocycles. The number of benzene rings is 1. The number of rotatable bonds is 1. The molecule has 1 aromatic carbocycles. The van der Waals surface area contributed by atoms with E-state index in [1.54, 1.807) is 0 Å². The first-order valence-corrected chi connectivity index (χ1v) is 11.7. The maximum absolute atomic E-state index is 13.4. The maximum atomic E-state index is 13.4.